The molecule has 0 spiro atoms. The van der Waals surface area contributed by atoms with Crippen LogP contribution in [0, 0.1) is 6.92 Å². The van der Waals surface area contributed by atoms with Gasteiger partial charge in [0.1, 0.15) is 11.5 Å². The number of hydrogen-bond donors (Lipinski definition) is 0. The molecule has 0 saturated carbocycles. The van der Waals surface area contributed by atoms with Gasteiger partial charge in [0.2, 0.25) is 0 Å². The number of halogens is 1. The third-order valence-corrected chi connectivity index (χ3v) is 3.06. The zero-order valence-electron chi connectivity index (χ0n) is 10.8. The summed E-state index contributed by atoms with van der Waals surface area (Å²) in [5.41, 5.74) is 2.31. The van der Waals surface area contributed by atoms with Crippen molar-refractivity contribution in [3.05, 3.63) is 52.3 Å². The number of benzene rings is 1. The number of pyridine rings is 1. The third-order valence-electron chi connectivity index (χ3n) is 2.73. The van der Waals surface area contributed by atoms with Crippen LogP contribution in [0.1, 0.15) is 28.7 Å². The lowest BCUT2D eigenvalue weighted by atomic mass is 10.2. The van der Waals surface area contributed by atoms with Gasteiger partial charge in [-0.05, 0) is 37.6 Å². The summed E-state index contributed by atoms with van der Waals surface area (Å²) >= 11 is 5.97. The normalized spacial score (nSPS) is 10.3. The molecule has 1 heterocycles. The number of carbonyl (C=O) groups excluding carboxylic acids is 1. The second kappa shape index (κ2) is 5.85. The van der Waals surface area contributed by atoms with Crippen molar-refractivity contribution in [2.45, 2.75) is 20.3 Å². The van der Waals surface area contributed by atoms with Gasteiger partial charge in [-0.15, -0.1) is 0 Å². The van der Waals surface area contributed by atoms with Gasteiger partial charge in [0.25, 0.3) is 0 Å². The predicted octanol–water partition coefficient (Wildman–Crippen LogP) is 4.21. The monoisotopic (exact) mass is 275 g/mol. The topological polar surface area (TPSA) is 39.2 Å². The van der Waals surface area contributed by atoms with Crippen LogP contribution >= 0.6 is 11.6 Å². The van der Waals surface area contributed by atoms with Crippen LogP contribution in [0.3, 0.4) is 0 Å². The molecule has 2 rings (SSSR count). The molecular formula is C15H14ClNO2. The van der Waals surface area contributed by atoms with E-state index in [1.807, 2.05) is 26.0 Å². The predicted molar refractivity (Wildman–Crippen MR) is 75.3 cm³/mol. The summed E-state index contributed by atoms with van der Waals surface area (Å²) in [5.74, 6) is 1.30. The molecule has 19 heavy (non-hydrogen) atoms. The minimum absolute atomic E-state index is 0.380. The van der Waals surface area contributed by atoms with E-state index in [0.717, 1.165) is 24.1 Å². The average Bonchev–Trinajstić information content (AvgIpc) is 2.41. The van der Waals surface area contributed by atoms with Gasteiger partial charge in [0.15, 0.2) is 6.29 Å². The summed E-state index contributed by atoms with van der Waals surface area (Å²) in [6.07, 6.45) is 1.51. The first-order chi connectivity index (χ1) is 9.13. The smallest absolute Gasteiger partial charge is 0.151 e. The van der Waals surface area contributed by atoms with Gasteiger partial charge in [0.05, 0.1) is 10.7 Å². The van der Waals surface area contributed by atoms with Gasteiger partial charge in [-0.3, -0.25) is 9.78 Å². The van der Waals surface area contributed by atoms with Crippen LogP contribution in [0.2, 0.25) is 5.02 Å². The molecule has 0 atom stereocenters. The molecule has 1 aromatic carbocycles. The maximum absolute atomic E-state index is 10.7. The number of nitrogens with zero attached hydrogens (tertiary/aromatic N) is 1. The van der Waals surface area contributed by atoms with Crippen LogP contribution in [0.4, 0.5) is 0 Å². The highest BCUT2D eigenvalue weighted by molar-refractivity contribution is 6.33. The highest BCUT2D eigenvalue weighted by Crippen LogP contribution is 2.28. The van der Waals surface area contributed by atoms with Crippen molar-refractivity contribution in [3.8, 4) is 11.5 Å². The molecule has 98 valence electrons. The Kier molecular flexibility index (Phi) is 4.17. The Bertz CT molecular complexity index is 611. The Morgan fingerprint density at radius 2 is 2.11 bits per heavy atom. The Labute approximate surface area is 117 Å². The Hall–Kier alpha value is -1.87. The van der Waals surface area contributed by atoms with Gasteiger partial charge in [-0.1, -0.05) is 18.5 Å². The number of aldehydes is 1. The van der Waals surface area contributed by atoms with Crippen molar-refractivity contribution in [3.63, 3.8) is 0 Å². The first-order valence-electron chi connectivity index (χ1n) is 6.03. The van der Waals surface area contributed by atoms with Crippen LogP contribution in [-0.2, 0) is 6.42 Å². The van der Waals surface area contributed by atoms with Crippen LogP contribution in [0.25, 0.3) is 0 Å². The Morgan fingerprint density at radius 1 is 1.32 bits per heavy atom. The third kappa shape index (κ3) is 3.12. The molecule has 2 aromatic rings. The number of aromatic nitrogens is 1. The molecule has 0 bridgehead atoms. The van der Waals surface area contributed by atoms with Gasteiger partial charge in [-0.25, -0.2) is 0 Å². The van der Waals surface area contributed by atoms with E-state index in [9.17, 15) is 4.79 Å². The summed E-state index contributed by atoms with van der Waals surface area (Å²) in [5, 5.41) is 0.380. The van der Waals surface area contributed by atoms with E-state index in [0.29, 0.717) is 22.1 Å². The molecule has 0 N–H and O–H groups in total. The van der Waals surface area contributed by atoms with Crippen molar-refractivity contribution < 1.29 is 9.53 Å². The Balaban J connectivity index is 2.30. The van der Waals surface area contributed by atoms with E-state index in [-0.39, 0.29) is 0 Å². The molecular weight excluding hydrogens is 262 g/mol. The van der Waals surface area contributed by atoms with Gasteiger partial charge in [0, 0.05) is 17.3 Å². The fourth-order valence-electron chi connectivity index (χ4n) is 1.74. The van der Waals surface area contributed by atoms with Crippen LogP contribution in [0.5, 0.6) is 11.5 Å². The first-order valence-corrected chi connectivity index (χ1v) is 6.41. The highest BCUT2D eigenvalue weighted by atomic mass is 35.5. The lowest BCUT2D eigenvalue weighted by Gasteiger charge is -2.10. The van der Waals surface area contributed by atoms with Gasteiger partial charge in [-0.2, -0.15) is 0 Å². The molecule has 1 aromatic heterocycles. The van der Waals surface area contributed by atoms with Crippen LogP contribution in [-0.4, -0.2) is 11.3 Å². The average molecular weight is 276 g/mol. The standard InChI is InChI=1S/C15H14ClNO2/c1-3-14-15(7-4-10(2)17-14)19-12-6-5-11(9-18)13(16)8-12/h4-9H,3H2,1-2H3. The number of ether oxygens (including phenoxy) is 1. The van der Waals surface area contributed by atoms with E-state index in [4.69, 9.17) is 16.3 Å². The van der Waals surface area contributed by atoms with E-state index in [1.165, 1.54) is 0 Å². The first kappa shape index (κ1) is 13.6. The van der Waals surface area contributed by atoms with E-state index in [2.05, 4.69) is 4.98 Å². The summed E-state index contributed by atoms with van der Waals surface area (Å²) in [4.78, 5) is 15.1. The maximum atomic E-state index is 10.7. The summed E-state index contributed by atoms with van der Waals surface area (Å²) in [6.45, 7) is 3.97. The molecule has 0 saturated heterocycles. The van der Waals surface area contributed by atoms with E-state index >= 15 is 0 Å². The zero-order valence-corrected chi connectivity index (χ0v) is 11.6. The second-order valence-corrected chi connectivity index (χ2v) is 4.56. The molecule has 0 fully saturated rings. The number of aryl methyl sites for hydroxylation is 2. The van der Waals surface area contributed by atoms with Crippen molar-refractivity contribution in [1.29, 1.82) is 0 Å². The fraction of sp³-hybridized carbons (Fsp3) is 0.200. The van der Waals surface area contributed by atoms with Crippen molar-refractivity contribution in [1.82, 2.24) is 4.98 Å². The van der Waals surface area contributed by atoms with E-state index in [1.54, 1.807) is 18.2 Å². The fourth-order valence-corrected chi connectivity index (χ4v) is 1.95. The van der Waals surface area contributed by atoms with Crippen molar-refractivity contribution >= 4 is 17.9 Å². The van der Waals surface area contributed by atoms with E-state index < -0.39 is 0 Å². The number of rotatable bonds is 4. The largest absolute Gasteiger partial charge is 0.455 e. The van der Waals surface area contributed by atoms with Crippen LogP contribution in [0.15, 0.2) is 30.3 Å². The second-order valence-electron chi connectivity index (χ2n) is 4.15. The molecule has 0 aliphatic rings. The molecule has 0 amide bonds. The maximum Gasteiger partial charge on any atom is 0.151 e. The Morgan fingerprint density at radius 3 is 2.74 bits per heavy atom. The molecule has 0 unspecified atom stereocenters. The van der Waals surface area contributed by atoms with Gasteiger partial charge >= 0.3 is 0 Å². The molecule has 3 nitrogen and oxygen atoms in total. The molecule has 0 aliphatic carbocycles. The zero-order chi connectivity index (χ0) is 13.8. The van der Waals surface area contributed by atoms with Crippen molar-refractivity contribution in [2.24, 2.45) is 0 Å². The van der Waals surface area contributed by atoms with Crippen molar-refractivity contribution in [2.75, 3.05) is 0 Å². The number of carbonyl (C=O) groups is 1. The summed E-state index contributed by atoms with van der Waals surface area (Å²) in [7, 11) is 0. The SMILES string of the molecule is CCc1nc(C)ccc1Oc1ccc(C=O)c(Cl)c1. The van der Waals surface area contributed by atoms with Gasteiger partial charge < -0.3 is 4.74 Å². The van der Waals surface area contributed by atoms with Crippen LogP contribution < -0.4 is 4.74 Å². The molecule has 0 aliphatic heterocycles. The lowest BCUT2D eigenvalue weighted by Crippen LogP contribution is -1.96. The lowest BCUT2D eigenvalue weighted by molar-refractivity contribution is 0.112. The minimum Gasteiger partial charge on any atom is -0.455 e. The quantitative estimate of drug-likeness (QED) is 0.785. The summed E-state index contributed by atoms with van der Waals surface area (Å²) in [6, 6.07) is 8.77. The minimum atomic E-state index is 0.380. The number of hydrogen-bond acceptors (Lipinski definition) is 3. The summed E-state index contributed by atoms with van der Waals surface area (Å²) < 4.78 is 5.77. The molecule has 0 radical (unpaired) electrons. The molecule has 4 heteroatoms. The highest BCUT2D eigenvalue weighted by Gasteiger charge is 2.07.